The van der Waals surface area contributed by atoms with E-state index < -0.39 is 0 Å². The van der Waals surface area contributed by atoms with E-state index in [9.17, 15) is 4.79 Å². The van der Waals surface area contributed by atoms with Gasteiger partial charge in [0.05, 0.1) is 5.69 Å². The van der Waals surface area contributed by atoms with Crippen LogP contribution < -0.4 is 11.1 Å². The number of nitrogen functional groups attached to an aromatic ring is 1. The number of aliphatic hydroxyl groups is 1. The second-order valence-electron chi connectivity index (χ2n) is 5.15. The zero-order chi connectivity index (χ0) is 15.4. The fraction of sp³-hybridized carbons (Fsp3) is 0.467. The number of hydrogen-bond acceptors (Lipinski definition) is 5. The minimum Gasteiger partial charge on any atom is -0.397 e. The van der Waals surface area contributed by atoms with E-state index >= 15 is 0 Å². The lowest BCUT2D eigenvalue weighted by Crippen LogP contribution is -2.29. The first kappa shape index (κ1) is 15.7. The third-order valence-corrected chi connectivity index (χ3v) is 4.82. The number of anilines is 1. The molecular weight excluding hydrogens is 286 g/mol. The number of pyridine rings is 1. The Hall–Kier alpha value is -1.66. The molecule has 0 fully saturated rings. The van der Waals surface area contributed by atoms with Gasteiger partial charge < -0.3 is 16.2 Å². The van der Waals surface area contributed by atoms with E-state index in [-0.39, 0.29) is 18.4 Å². The molecule has 0 saturated carbocycles. The van der Waals surface area contributed by atoms with Gasteiger partial charge >= 0.3 is 0 Å². The minimum atomic E-state index is -0.161. The van der Waals surface area contributed by atoms with Gasteiger partial charge in [-0.25, -0.2) is 4.98 Å². The maximum atomic E-state index is 12.3. The number of aryl methyl sites for hydroxylation is 1. The molecule has 0 aliphatic heterocycles. The van der Waals surface area contributed by atoms with Crippen LogP contribution in [0.5, 0.6) is 0 Å². The van der Waals surface area contributed by atoms with Gasteiger partial charge in [0.1, 0.15) is 9.71 Å². The molecular formula is C15H21N3O2S. The van der Waals surface area contributed by atoms with Crippen molar-refractivity contribution in [3.05, 3.63) is 22.7 Å². The molecule has 0 spiro atoms. The predicted octanol–water partition coefficient (Wildman–Crippen LogP) is 2.33. The maximum Gasteiger partial charge on any atom is 0.263 e. The zero-order valence-electron chi connectivity index (χ0n) is 12.3. The third-order valence-electron chi connectivity index (χ3n) is 3.71. The van der Waals surface area contributed by atoms with Crippen LogP contribution in [-0.2, 0) is 0 Å². The van der Waals surface area contributed by atoms with Crippen molar-refractivity contribution >= 4 is 33.1 Å². The summed E-state index contributed by atoms with van der Waals surface area (Å²) in [7, 11) is 0. The summed E-state index contributed by atoms with van der Waals surface area (Å²) in [6, 6.07) is 1.89. The Balaban J connectivity index is 2.16. The summed E-state index contributed by atoms with van der Waals surface area (Å²) in [5.41, 5.74) is 7.64. The summed E-state index contributed by atoms with van der Waals surface area (Å²) in [5.74, 6) is 0.126. The molecule has 0 saturated heterocycles. The van der Waals surface area contributed by atoms with Crippen LogP contribution in [0.2, 0.25) is 0 Å². The van der Waals surface area contributed by atoms with Gasteiger partial charge in [-0.2, -0.15) is 0 Å². The van der Waals surface area contributed by atoms with Gasteiger partial charge in [0, 0.05) is 24.7 Å². The van der Waals surface area contributed by atoms with Crippen LogP contribution in [0.15, 0.2) is 12.3 Å². The Kier molecular flexibility index (Phi) is 5.14. The Morgan fingerprint density at radius 3 is 2.95 bits per heavy atom. The number of nitrogens with one attached hydrogen (secondary N) is 1. The van der Waals surface area contributed by atoms with Crippen molar-refractivity contribution < 1.29 is 9.90 Å². The zero-order valence-corrected chi connectivity index (χ0v) is 13.2. The molecule has 2 heterocycles. The lowest BCUT2D eigenvalue weighted by molar-refractivity contribution is 0.0948. The average Bonchev–Trinajstić information content (AvgIpc) is 2.81. The smallest absolute Gasteiger partial charge is 0.263 e. The Morgan fingerprint density at radius 1 is 1.57 bits per heavy atom. The molecule has 0 aromatic carbocycles. The summed E-state index contributed by atoms with van der Waals surface area (Å²) in [6.07, 6.45) is 3.34. The quantitative estimate of drug-likeness (QED) is 0.764. The second kappa shape index (κ2) is 6.87. The number of amides is 1. The molecule has 1 unspecified atom stereocenters. The molecule has 2 rings (SSSR count). The fourth-order valence-corrected chi connectivity index (χ4v) is 3.38. The number of fused-ring (bicyclic) bond motifs is 1. The van der Waals surface area contributed by atoms with Crippen molar-refractivity contribution in [2.45, 2.75) is 26.7 Å². The van der Waals surface area contributed by atoms with Crippen molar-refractivity contribution in [2.75, 3.05) is 18.9 Å². The van der Waals surface area contributed by atoms with E-state index in [1.54, 1.807) is 6.20 Å². The third kappa shape index (κ3) is 3.33. The highest BCUT2D eigenvalue weighted by molar-refractivity contribution is 7.21. The van der Waals surface area contributed by atoms with E-state index in [1.165, 1.54) is 11.3 Å². The Labute approximate surface area is 128 Å². The molecule has 114 valence electrons. The number of thiophene rings is 1. The van der Waals surface area contributed by atoms with Gasteiger partial charge in [0.25, 0.3) is 5.91 Å². The Morgan fingerprint density at radius 2 is 2.33 bits per heavy atom. The molecule has 0 aliphatic carbocycles. The predicted molar refractivity (Wildman–Crippen MR) is 86.6 cm³/mol. The van der Waals surface area contributed by atoms with Crippen LogP contribution in [0.4, 0.5) is 5.69 Å². The normalized spacial score (nSPS) is 12.5. The van der Waals surface area contributed by atoms with E-state index in [2.05, 4.69) is 10.3 Å². The second-order valence-corrected chi connectivity index (χ2v) is 6.15. The van der Waals surface area contributed by atoms with Gasteiger partial charge in [0.2, 0.25) is 0 Å². The van der Waals surface area contributed by atoms with Crippen molar-refractivity contribution in [1.82, 2.24) is 10.3 Å². The highest BCUT2D eigenvalue weighted by Gasteiger charge is 2.18. The Bertz CT molecular complexity index is 639. The summed E-state index contributed by atoms with van der Waals surface area (Å²) >= 11 is 1.32. The molecule has 1 atom stereocenters. The molecule has 2 aromatic rings. The molecule has 1 amide bonds. The summed E-state index contributed by atoms with van der Waals surface area (Å²) in [4.78, 5) is 17.9. The van der Waals surface area contributed by atoms with Crippen molar-refractivity contribution in [1.29, 1.82) is 0 Å². The maximum absolute atomic E-state index is 12.3. The highest BCUT2D eigenvalue weighted by Crippen LogP contribution is 2.34. The minimum absolute atomic E-state index is 0.141. The lowest BCUT2D eigenvalue weighted by atomic mass is 10.0. The number of rotatable bonds is 6. The first-order valence-corrected chi connectivity index (χ1v) is 7.92. The summed E-state index contributed by atoms with van der Waals surface area (Å²) in [6.45, 7) is 4.70. The molecule has 0 radical (unpaired) electrons. The average molecular weight is 307 g/mol. The largest absolute Gasteiger partial charge is 0.397 e. The number of nitrogens with zero attached hydrogens (tertiary/aromatic N) is 1. The molecule has 6 heteroatoms. The van der Waals surface area contributed by atoms with Crippen LogP contribution in [0.25, 0.3) is 10.2 Å². The van der Waals surface area contributed by atoms with E-state index in [4.69, 9.17) is 10.8 Å². The van der Waals surface area contributed by atoms with E-state index in [1.807, 2.05) is 19.9 Å². The number of nitrogens with two attached hydrogens (primary N) is 1. The van der Waals surface area contributed by atoms with Gasteiger partial charge in [-0.05, 0) is 30.9 Å². The van der Waals surface area contributed by atoms with Gasteiger partial charge in [-0.3, -0.25) is 4.79 Å². The molecule has 5 nitrogen and oxygen atoms in total. The SMILES string of the molecule is CCC(CCO)CNC(=O)c1sc2nccc(C)c2c1N. The van der Waals surface area contributed by atoms with Gasteiger partial charge in [0.15, 0.2) is 0 Å². The van der Waals surface area contributed by atoms with Crippen molar-refractivity contribution in [3.63, 3.8) is 0 Å². The van der Waals surface area contributed by atoms with Crippen molar-refractivity contribution in [3.8, 4) is 0 Å². The standard InChI is InChI=1S/C15H21N3O2S/c1-3-10(5-7-19)8-18-14(20)13-12(16)11-9(2)4-6-17-15(11)21-13/h4,6,10,19H,3,5,7-8,16H2,1-2H3,(H,18,20). The summed E-state index contributed by atoms with van der Waals surface area (Å²) < 4.78 is 0. The monoisotopic (exact) mass is 307 g/mol. The van der Waals surface area contributed by atoms with Crippen LogP contribution in [-0.4, -0.2) is 29.1 Å². The number of aromatic nitrogens is 1. The molecule has 2 aromatic heterocycles. The number of carbonyl (C=O) groups excluding carboxylic acids is 1. The number of aliphatic hydroxyl groups excluding tert-OH is 1. The van der Waals surface area contributed by atoms with Crippen LogP contribution in [0.1, 0.15) is 35.0 Å². The van der Waals surface area contributed by atoms with Gasteiger partial charge in [-0.15, -0.1) is 11.3 Å². The summed E-state index contributed by atoms with van der Waals surface area (Å²) in [5, 5.41) is 12.8. The lowest BCUT2D eigenvalue weighted by Gasteiger charge is -2.13. The fourth-order valence-electron chi connectivity index (χ4n) is 2.32. The highest BCUT2D eigenvalue weighted by atomic mass is 32.1. The van der Waals surface area contributed by atoms with Crippen LogP contribution >= 0.6 is 11.3 Å². The first-order chi connectivity index (χ1) is 10.1. The topological polar surface area (TPSA) is 88.2 Å². The van der Waals surface area contributed by atoms with Gasteiger partial charge in [-0.1, -0.05) is 13.3 Å². The van der Waals surface area contributed by atoms with E-state index in [0.717, 1.165) is 22.2 Å². The first-order valence-electron chi connectivity index (χ1n) is 7.11. The number of carbonyl (C=O) groups is 1. The van der Waals surface area contributed by atoms with Crippen LogP contribution in [0.3, 0.4) is 0 Å². The van der Waals surface area contributed by atoms with Crippen LogP contribution in [0, 0.1) is 12.8 Å². The molecule has 0 aliphatic rings. The van der Waals surface area contributed by atoms with E-state index in [0.29, 0.717) is 23.5 Å². The molecule has 0 bridgehead atoms. The molecule has 21 heavy (non-hydrogen) atoms. The van der Waals surface area contributed by atoms with Crippen molar-refractivity contribution in [2.24, 2.45) is 5.92 Å². The number of hydrogen-bond donors (Lipinski definition) is 3. The molecule has 4 N–H and O–H groups in total.